The molecule has 0 saturated carbocycles. The topological polar surface area (TPSA) is 106 Å². The van der Waals surface area contributed by atoms with Crippen molar-refractivity contribution in [3.8, 4) is 12.1 Å². The number of amides is 2. The molecule has 118 valence electrons. The molecule has 2 N–H and O–H groups in total. The molecule has 0 aliphatic carbocycles. The fourth-order valence-electron chi connectivity index (χ4n) is 2.14. The highest BCUT2D eigenvalue weighted by molar-refractivity contribution is 8.04. The van der Waals surface area contributed by atoms with E-state index in [-0.39, 0.29) is 5.91 Å². The molecule has 0 aromatic heterocycles. The van der Waals surface area contributed by atoms with Crippen molar-refractivity contribution in [2.75, 3.05) is 6.54 Å². The maximum atomic E-state index is 12.0. The maximum Gasteiger partial charge on any atom is 0.243 e. The molecule has 22 heavy (non-hydrogen) atoms. The first kappa shape index (κ1) is 18.1. The Kier molecular flexibility index (Phi) is 6.01. The quantitative estimate of drug-likeness (QED) is 0.801. The van der Waals surface area contributed by atoms with Gasteiger partial charge in [0.1, 0.15) is 5.92 Å². The summed E-state index contributed by atoms with van der Waals surface area (Å²) in [5.74, 6) is -1.50. The van der Waals surface area contributed by atoms with Gasteiger partial charge in [-0.25, -0.2) is 0 Å². The van der Waals surface area contributed by atoms with Gasteiger partial charge in [0.25, 0.3) is 0 Å². The monoisotopic (exact) mass is 320 g/mol. The minimum absolute atomic E-state index is 0.147. The lowest BCUT2D eigenvalue weighted by molar-refractivity contribution is -0.125. The summed E-state index contributed by atoms with van der Waals surface area (Å²) in [6.07, 6.45) is 0.836. The number of hydrogen-bond acceptors (Lipinski definition) is 5. The Balaban J connectivity index is 3.04. The molecule has 0 radical (unpaired) electrons. The van der Waals surface area contributed by atoms with Crippen LogP contribution in [0, 0.1) is 34.0 Å². The summed E-state index contributed by atoms with van der Waals surface area (Å²) in [4.78, 5) is 24.0. The van der Waals surface area contributed by atoms with Crippen molar-refractivity contribution >= 4 is 23.6 Å². The first-order valence-corrected chi connectivity index (χ1v) is 7.97. The molecule has 0 bridgehead atoms. The van der Waals surface area contributed by atoms with Crippen molar-refractivity contribution in [2.24, 2.45) is 11.3 Å². The van der Waals surface area contributed by atoms with Gasteiger partial charge in [-0.3, -0.25) is 9.59 Å². The second kappa shape index (κ2) is 7.33. The lowest BCUT2D eigenvalue weighted by Crippen LogP contribution is -2.45. The van der Waals surface area contributed by atoms with Crippen LogP contribution < -0.4 is 10.6 Å². The van der Waals surface area contributed by atoms with Crippen LogP contribution in [0.15, 0.2) is 10.6 Å². The molecule has 0 saturated heterocycles. The zero-order valence-electron chi connectivity index (χ0n) is 13.2. The van der Waals surface area contributed by atoms with Crippen molar-refractivity contribution in [2.45, 2.75) is 39.4 Å². The Bertz CT molecular complexity index is 583. The molecule has 1 heterocycles. The number of nitrogens with zero attached hydrogens (tertiary/aromatic N) is 2. The van der Waals surface area contributed by atoms with Crippen LogP contribution in [-0.2, 0) is 9.59 Å². The van der Waals surface area contributed by atoms with Crippen molar-refractivity contribution in [1.29, 1.82) is 10.5 Å². The van der Waals surface area contributed by atoms with Crippen LogP contribution in [-0.4, -0.2) is 23.6 Å². The third-order valence-electron chi connectivity index (χ3n) is 3.55. The number of nitriles is 2. The van der Waals surface area contributed by atoms with Gasteiger partial charge in [-0.05, 0) is 13.3 Å². The Labute approximate surface area is 134 Å². The van der Waals surface area contributed by atoms with Crippen LogP contribution in [0.4, 0.5) is 0 Å². The summed E-state index contributed by atoms with van der Waals surface area (Å²) in [7, 11) is 0. The van der Waals surface area contributed by atoms with Gasteiger partial charge in [-0.1, -0.05) is 32.5 Å². The molecule has 7 heteroatoms. The van der Waals surface area contributed by atoms with E-state index in [0.29, 0.717) is 17.1 Å². The predicted octanol–water partition coefficient (Wildman–Crippen LogP) is 1.67. The number of thioether (sulfide) groups is 1. The fourth-order valence-corrected chi connectivity index (χ4v) is 3.27. The zero-order valence-corrected chi connectivity index (χ0v) is 14.0. The number of hydrogen-bond donors (Lipinski definition) is 2. The summed E-state index contributed by atoms with van der Waals surface area (Å²) in [5.41, 5.74) is -0.549. The standard InChI is InChI=1S/C15H20N4O2S/c1-5-6-18-12(20)9(2)22-14-11(8-17)15(3,4)10(7-16)13(21)19-14/h9-10H,5-6H2,1-4H3,(H,18,20)(H,19,21)/t9-,10+/m1/s1. The highest BCUT2D eigenvalue weighted by atomic mass is 32.2. The normalized spacial score (nSPS) is 21.4. The molecule has 0 fully saturated rings. The maximum absolute atomic E-state index is 12.0. The second-order valence-electron chi connectivity index (χ2n) is 5.64. The molecular weight excluding hydrogens is 300 g/mol. The fraction of sp³-hybridized carbons (Fsp3) is 0.600. The third kappa shape index (κ3) is 3.61. The van der Waals surface area contributed by atoms with Gasteiger partial charge in [0, 0.05) is 12.0 Å². The Morgan fingerprint density at radius 3 is 2.64 bits per heavy atom. The molecule has 1 aliphatic heterocycles. The van der Waals surface area contributed by atoms with Gasteiger partial charge in [-0.15, -0.1) is 0 Å². The molecule has 2 atom stereocenters. The van der Waals surface area contributed by atoms with Crippen LogP contribution in [0.25, 0.3) is 0 Å². The molecule has 0 unspecified atom stereocenters. The van der Waals surface area contributed by atoms with E-state index in [2.05, 4.69) is 16.7 Å². The molecule has 1 aliphatic rings. The smallest absolute Gasteiger partial charge is 0.243 e. The summed E-state index contributed by atoms with van der Waals surface area (Å²) in [5, 5.41) is 23.8. The molecule has 0 aromatic carbocycles. The third-order valence-corrected chi connectivity index (χ3v) is 4.66. The van der Waals surface area contributed by atoms with Gasteiger partial charge in [-0.2, -0.15) is 10.5 Å². The van der Waals surface area contributed by atoms with Crippen LogP contribution >= 0.6 is 11.8 Å². The molecule has 2 amide bonds. The Morgan fingerprint density at radius 1 is 1.50 bits per heavy atom. The summed E-state index contributed by atoms with van der Waals surface area (Å²) < 4.78 is 0. The van der Waals surface area contributed by atoms with E-state index in [4.69, 9.17) is 5.26 Å². The number of rotatable bonds is 5. The van der Waals surface area contributed by atoms with E-state index in [1.165, 1.54) is 0 Å². The average Bonchev–Trinajstić information content (AvgIpc) is 2.44. The second-order valence-corrected chi connectivity index (χ2v) is 6.99. The minimum atomic E-state index is -0.921. The Morgan fingerprint density at radius 2 is 2.14 bits per heavy atom. The van der Waals surface area contributed by atoms with E-state index in [1.54, 1.807) is 20.8 Å². The first-order chi connectivity index (χ1) is 10.3. The van der Waals surface area contributed by atoms with Gasteiger partial charge in [0.15, 0.2) is 0 Å². The highest BCUT2D eigenvalue weighted by Crippen LogP contribution is 2.42. The van der Waals surface area contributed by atoms with Gasteiger partial charge >= 0.3 is 0 Å². The van der Waals surface area contributed by atoms with Crippen LogP contribution in [0.2, 0.25) is 0 Å². The number of nitrogens with one attached hydrogen (secondary N) is 2. The van der Waals surface area contributed by atoms with Gasteiger partial charge < -0.3 is 10.6 Å². The lowest BCUT2D eigenvalue weighted by Gasteiger charge is -2.35. The summed E-state index contributed by atoms with van der Waals surface area (Å²) in [6.45, 7) is 7.65. The highest BCUT2D eigenvalue weighted by Gasteiger charge is 2.45. The predicted molar refractivity (Wildman–Crippen MR) is 84.0 cm³/mol. The Hall–Kier alpha value is -1.99. The largest absolute Gasteiger partial charge is 0.355 e. The first-order valence-electron chi connectivity index (χ1n) is 7.09. The number of allylic oxidation sites excluding steroid dienone is 1. The van der Waals surface area contributed by atoms with Crippen molar-refractivity contribution < 1.29 is 9.59 Å². The van der Waals surface area contributed by atoms with Gasteiger partial charge in [0.05, 0.1) is 28.0 Å². The molecule has 1 rings (SSSR count). The minimum Gasteiger partial charge on any atom is -0.355 e. The number of carbonyl (C=O) groups is 2. The molecule has 0 spiro atoms. The van der Waals surface area contributed by atoms with Crippen molar-refractivity contribution in [1.82, 2.24) is 10.6 Å². The van der Waals surface area contributed by atoms with Crippen molar-refractivity contribution in [3.05, 3.63) is 10.6 Å². The van der Waals surface area contributed by atoms with E-state index < -0.39 is 22.5 Å². The van der Waals surface area contributed by atoms with E-state index in [9.17, 15) is 14.9 Å². The summed E-state index contributed by atoms with van der Waals surface area (Å²) in [6, 6.07) is 4.02. The van der Waals surface area contributed by atoms with Crippen LogP contribution in [0.3, 0.4) is 0 Å². The molecule has 6 nitrogen and oxygen atoms in total. The zero-order chi connectivity index (χ0) is 16.9. The van der Waals surface area contributed by atoms with E-state index in [1.807, 2.05) is 13.0 Å². The SMILES string of the molecule is CCCNC(=O)[C@@H](C)SC1=C(C#N)C(C)(C)[C@@H](C#N)C(=O)N1. The molecule has 0 aromatic rings. The molecular formula is C15H20N4O2S. The lowest BCUT2D eigenvalue weighted by atomic mass is 9.72. The number of carbonyl (C=O) groups excluding carboxylic acids is 2. The van der Waals surface area contributed by atoms with Gasteiger partial charge in [0.2, 0.25) is 11.8 Å². The average molecular weight is 320 g/mol. The van der Waals surface area contributed by atoms with Crippen LogP contribution in [0.1, 0.15) is 34.1 Å². The van der Waals surface area contributed by atoms with Crippen LogP contribution in [0.5, 0.6) is 0 Å². The van der Waals surface area contributed by atoms with E-state index >= 15 is 0 Å². The van der Waals surface area contributed by atoms with Crippen molar-refractivity contribution in [3.63, 3.8) is 0 Å². The van der Waals surface area contributed by atoms with E-state index in [0.717, 1.165) is 18.2 Å². The summed E-state index contributed by atoms with van der Waals surface area (Å²) >= 11 is 1.13.